The summed E-state index contributed by atoms with van der Waals surface area (Å²) in [6, 6.07) is 15.8. The van der Waals surface area contributed by atoms with E-state index in [1.165, 1.54) is 6.07 Å². The Morgan fingerprint density at radius 3 is 2.55 bits per heavy atom. The summed E-state index contributed by atoms with van der Waals surface area (Å²) in [5, 5.41) is -0.232. The van der Waals surface area contributed by atoms with E-state index in [9.17, 15) is 9.18 Å². The zero-order valence-corrected chi connectivity index (χ0v) is 11.6. The van der Waals surface area contributed by atoms with Crippen LogP contribution in [0.3, 0.4) is 0 Å². The second-order valence-corrected chi connectivity index (χ2v) is 5.80. The molecule has 2 aromatic carbocycles. The van der Waals surface area contributed by atoms with Crippen LogP contribution in [0.1, 0.15) is 21.3 Å². The first-order valence-electron chi connectivity index (χ1n) is 6.49. The summed E-state index contributed by atoms with van der Waals surface area (Å²) >= 11 is 1.61. The van der Waals surface area contributed by atoms with Crippen molar-refractivity contribution in [1.82, 2.24) is 4.90 Å². The topological polar surface area (TPSA) is 20.3 Å². The molecule has 1 heterocycles. The van der Waals surface area contributed by atoms with Gasteiger partial charge in [-0.25, -0.2) is 4.39 Å². The van der Waals surface area contributed by atoms with Crippen molar-refractivity contribution in [2.24, 2.45) is 0 Å². The normalized spacial score (nSPS) is 18.2. The predicted octanol–water partition coefficient (Wildman–Crippen LogP) is 3.71. The molecule has 20 heavy (non-hydrogen) atoms. The number of hydrogen-bond donors (Lipinski definition) is 0. The van der Waals surface area contributed by atoms with Crippen molar-refractivity contribution in [3.05, 3.63) is 71.5 Å². The Balaban J connectivity index is 1.90. The molecule has 1 atom stereocenters. The fourth-order valence-corrected chi connectivity index (χ4v) is 3.63. The highest BCUT2D eigenvalue weighted by Gasteiger charge is 2.32. The van der Waals surface area contributed by atoms with E-state index in [-0.39, 0.29) is 17.1 Å². The van der Waals surface area contributed by atoms with Gasteiger partial charge in [-0.05, 0) is 18.2 Å². The van der Waals surface area contributed by atoms with Gasteiger partial charge >= 0.3 is 0 Å². The Morgan fingerprint density at radius 2 is 1.80 bits per heavy atom. The summed E-state index contributed by atoms with van der Waals surface area (Å²) in [7, 11) is 0. The van der Waals surface area contributed by atoms with Gasteiger partial charge in [0.15, 0.2) is 0 Å². The first-order chi connectivity index (χ1) is 9.77. The van der Waals surface area contributed by atoms with Crippen LogP contribution in [0.5, 0.6) is 0 Å². The number of carbonyl (C=O) groups is 1. The van der Waals surface area contributed by atoms with Crippen LogP contribution >= 0.6 is 11.8 Å². The first-order valence-corrected chi connectivity index (χ1v) is 7.54. The summed E-state index contributed by atoms with van der Waals surface area (Å²) in [5.41, 5.74) is 1.23. The maximum Gasteiger partial charge on any atom is 0.255 e. The van der Waals surface area contributed by atoms with E-state index in [0.717, 1.165) is 5.75 Å². The smallest absolute Gasteiger partial charge is 0.255 e. The van der Waals surface area contributed by atoms with Crippen molar-refractivity contribution < 1.29 is 9.18 Å². The van der Waals surface area contributed by atoms with Gasteiger partial charge in [0.1, 0.15) is 11.2 Å². The molecule has 0 bridgehead atoms. The summed E-state index contributed by atoms with van der Waals surface area (Å²) in [6.07, 6.45) is 0. The van der Waals surface area contributed by atoms with Crippen LogP contribution in [-0.4, -0.2) is 23.1 Å². The van der Waals surface area contributed by atoms with Crippen molar-refractivity contribution in [2.75, 3.05) is 12.3 Å². The molecule has 2 nitrogen and oxygen atoms in total. The van der Waals surface area contributed by atoms with E-state index in [0.29, 0.717) is 17.7 Å². The van der Waals surface area contributed by atoms with Crippen LogP contribution in [-0.2, 0) is 0 Å². The fraction of sp³-hybridized carbons (Fsp3) is 0.188. The lowest BCUT2D eigenvalue weighted by atomic mass is 10.1. The quantitative estimate of drug-likeness (QED) is 0.839. The molecular formula is C16H14FNOS. The third-order valence-electron chi connectivity index (χ3n) is 3.34. The first kappa shape index (κ1) is 13.2. The molecule has 3 rings (SSSR count). The van der Waals surface area contributed by atoms with Gasteiger partial charge in [-0.15, -0.1) is 11.8 Å². The van der Waals surface area contributed by atoms with Crippen molar-refractivity contribution in [2.45, 2.75) is 5.37 Å². The molecule has 0 aromatic heterocycles. The minimum Gasteiger partial charge on any atom is -0.322 e. The van der Waals surface area contributed by atoms with Gasteiger partial charge in [-0.1, -0.05) is 36.4 Å². The van der Waals surface area contributed by atoms with Gasteiger partial charge in [0.2, 0.25) is 0 Å². The predicted molar refractivity (Wildman–Crippen MR) is 79.1 cm³/mol. The fourth-order valence-electron chi connectivity index (χ4n) is 2.36. The Bertz CT molecular complexity index is 617. The molecule has 0 spiro atoms. The zero-order chi connectivity index (χ0) is 13.9. The molecule has 0 N–H and O–H groups in total. The SMILES string of the molecule is O=C(c1ccccc1)N1CCS[C@H]1c1ccccc1F. The molecule has 0 unspecified atom stereocenters. The third-order valence-corrected chi connectivity index (χ3v) is 4.59. The molecule has 102 valence electrons. The van der Waals surface area contributed by atoms with Crippen LogP contribution in [0, 0.1) is 5.82 Å². The van der Waals surface area contributed by atoms with Crippen molar-refractivity contribution in [3.63, 3.8) is 0 Å². The van der Waals surface area contributed by atoms with E-state index >= 15 is 0 Å². The van der Waals surface area contributed by atoms with Crippen molar-refractivity contribution in [3.8, 4) is 0 Å². The highest BCUT2D eigenvalue weighted by atomic mass is 32.2. The molecule has 1 amide bonds. The summed E-state index contributed by atoms with van der Waals surface area (Å²) < 4.78 is 13.9. The molecule has 0 saturated carbocycles. The van der Waals surface area contributed by atoms with Gasteiger partial charge in [-0.2, -0.15) is 0 Å². The summed E-state index contributed by atoms with van der Waals surface area (Å²) in [6.45, 7) is 0.650. The Kier molecular flexibility index (Phi) is 3.74. The molecule has 4 heteroatoms. The number of carbonyl (C=O) groups excluding carboxylic acids is 1. The largest absolute Gasteiger partial charge is 0.322 e. The summed E-state index contributed by atoms with van der Waals surface area (Å²) in [4.78, 5) is 14.3. The molecule has 1 aliphatic heterocycles. The van der Waals surface area contributed by atoms with Crippen LogP contribution in [0.15, 0.2) is 54.6 Å². The highest BCUT2D eigenvalue weighted by molar-refractivity contribution is 7.99. The summed E-state index contributed by atoms with van der Waals surface area (Å²) in [5.74, 6) is 0.541. The lowest BCUT2D eigenvalue weighted by Crippen LogP contribution is -2.30. The second kappa shape index (κ2) is 5.67. The van der Waals surface area contributed by atoms with Crippen LogP contribution in [0.2, 0.25) is 0 Å². The van der Waals surface area contributed by atoms with Crippen LogP contribution in [0.25, 0.3) is 0 Å². The Hall–Kier alpha value is -1.81. The number of hydrogen-bond acceptors (Lipinski definition) is 2. The van der Waals surface area contributed by atoms with E-state index in [4.69, 9.17) is 0 Å². The molecule has 0 radical (unpaired) electrons. The van der Waals surface area contributed by atoms with Crippen molar-refractivity contribution >= 4 is 17.7 Å². The van der Waals surface area contributed by atoms with E-state index < -0.39 is 0 Å². The van der Waals surface area contributed by atoms with Gasteiger partial charge in [0.25, 0.3) is 5.91 Å². The van der Waals surface area contributed by atoms with Crippen LogP contribution in [0.4, 0.5) is 4.39 Å². The van der Waals surface area contributed by atoms with E-state index in [1.54, 1.807) is 40.9 Å². The number of halogens is 1. The van der Waals surface area contributed by atoms with Gasteiger partial charge in [-0.3, -0.25) is 4.79 Å². The minimum absolute atomic E-state index is 0.0381. The standard InChI is InChI=1S/C16H14FNOS/c17-14-9-5-4-8-13(14)16-18(10-11-20-16)15(19)12-6-2-1-3-7-12/h1-9,16H,10-11H2/t16-/m0/s1. The number of benzene rings is 2. The van der Waals surface area contributed by atoms with E-state index in [2.05, 4.69) is 0 Å². The maximum absolute atomic E-state index is 13.9. The second-order valence-electron chi connectivity index (χ2n) is 4.61. The highest BCUT2D eigenvalue weighted by Crippen LogP contribution is 2.39. The monoisotopic (exact) mass is 287 g/mol. The number of nitrogens with zero attached hydrogens (tertiary/aromatic N) is 1. The van der Waals surface area contributed by atoms with Crippen LogP contribution < -0.4 is 0 Å². The molecule has 2 aromatic rings. The van der Waals surface area contributed by atoms with Gasteiger partial charge in [0, 0.05) is 23.4 Å². The number of amides is 1. The Morgan fingerprint density at radius 1 is 1.10 bits per heavy atom. The van der Waals surface area contributed by atoms with Gasteiger partial charge in [0.05, 0.1) is 0 Å². The molecular weight excluding hydrogens is 273 g/mol. The lowest BCUT2D eigenvalue weighted by molar-refractivity contribution is 0.0759. The maximum atomic E-state index is 13.9. The average molecular weight is 287 g/mol. The zero-order valence-electron chi connectivity index (χ0n) is 10.8. The Labute approximate surface area is 121 Å². The number of rotatable bonds is 2. The van der Waals surface area contributed by atoms with Gasteiger partial charge < -0.3 is 4.90 Å². The third kappa shape index (κ3) is 2.43. The average Bonchev–Trinajstić information content (AvgIpc) is 2.97. The van der Waals surface area contributed by atoms with E-state index in [1.807, 2.05) is 24.3 Å². The number of thioether (sulfide) groups is 1. The van der Waals surface area contributed by atoms with Crippen molar-refractivity contribution in [1.29, 1.82) is 0 Å². The lowest BCUT2D eigenvalue weighted by Gasteiger charge is -2.24. The minimum atomic E-state index is -0.252. The molecule has 1 aliphatic rings. The molecule has 0 aliphatic carbocycles. The molecule has 1 fully saturated rings. The molecule has 1 saturated heterocycles.